The Morgan fingerprint density at radius 1 is 0.696 bits per heavy atom. The van der Waals surface area contributed by atoms with E-state index in [2.05, 4.69) is 51.0 Å². The molecule has 0 fully saturated rings. The van der Waals surface area contributed by atoms with Crippen molar-refractivity contribution in [2.24, 2.45) is 5.73 Å². The molecule has 0 unspecified atom stereocenters. The molecule has 0 aliphatic rings. The van der Waals surface area contributed by atoms with E-state index in [0.717, 1.165) is 55.6 Å². The third-order valence-electron chi connectivity index (χ3n) is 7.67. The first-order valence-corrected chi connectivity index (χ1v) is 16.0. The predicted molar refractivity (Wildman–Crippen MR) is 190 cm³/mol. The summed E-state index contributed by atoms with van der Waals surface area (Å²) in [5.41, 5.74) is 13.0. The zero-order valence-corrected chi connectivity index (χ0v) is 27.4. The van der Waals surface area contributed by atoms with E-state index in [4.69, 9.17) is 15.6 Å². The fourth-order valence-electron chi connectivity index (χ4n) is 5.25. The quantitative estimate of drug-likeness (QED) is 0.144. The number of fused-ring (bicyclic) bond motifs is 2. The van der Waals surface area contributed by atoms with Crippen LogP contribution in [0.4, 0.5) is 0 Å². The second-order valence-corrected chi connectivity index (χ2v) is 12.2. The number of nitrogens with zero attached hydrogens (tertiary/aromatic N) is 4. The van der Waals surface area contributed by atoms with Crippen LogP contribution in [0.3, 0.4) is 0 Å². The van der Waals surface area contributed by atoms with Crippen LogP contribution in [-0.4, -0.2) is 35.8 Å². The summed E-state index contributed by atoms with van der Waals surface area (Å²) in [7, 11) is 0. The van der Waals surface area contributed by atoms with Crippen LogP contribution in [0.25, 0.3) is 33.2 Å². The molecule has 2 heterocycles. The molecule has 232 valence electrons. The molecular formula is C37H34IN5O3. The van der Waals surface area contributed by atoms with Gasteiger partial charge in [-0.1, -0.05) is 54.6 Å². The molecule has 0 bridgehead atoms. The van der Waals surface area contributed by atoms with Crippen molar-refractivity contribution in [2.45, 2.75) is 32.3 Å². The van der Waals surface area contributed by atoms with Gasteiger partial charge in [-0.3, -0.25) is 0 Å². The van der Waals surface area contributed by atoms with Gasteiger partial charge < -0.3 is 20.7 Å². The predicted octanol–water partition coefficient (Wildman–Crippen LogP) is 7.11. The molecule has 0 saturated carbocycles. The summed E-state index contributed by atoms with van der Waals surface area (Å²) >= 11 is 2.30. The normalized spacial score (nSPS) is 12.5. The lowest BCUT2D eigenvalue weighted by Crippen LogP contribution is -2.29. The molecule has 7 aromatic rings. The summed E-state index contributed by atoms with van der Waals surface area (Å²) in [5, 5.41) is 29.3. The number of benzene rings is 5. The zero-order chi connectivity index (χ0) is 32.0. The van der Waals surface area contributed by atoms with Crippen molar-refractivity contribution in [2.75, 3.05) is 0 Å². The van der Waals surface area contributed by atoms with Gasteiger partial charge >= 0.3 is 0 Å². The van der Waals surface area contributed by atoms with Crippen LogP contribution in [0.15, 0.2) is 128 Å². The van der Waals surface area contributed by atoms with Gasteiger partial charge in [-0.2, -0.15) is 10.2 Å². The van der Waals surface area contributed by atoms with E-state index in [1.165, 1.54) is 3.57 Å². The Morgan fingerprint density at radius 2 is 1.22 bits per heavy atom. The van der Waals surface area contributed by atoms with E-state index in [-0.39, 0.29) is 25.4 Å². The number of aliphatic hydroxyl groups is 2. The lowest BCUT2D eigenvalue weighted by Gasteiger charge is -2.23. The largest absolute Gasteiger partial charge is 0.484 e. The lowest BCUT2D eigenvalue weighted by atomic mass is 10.0. The van der Waals surface area contributed by atoms with Crippen LogP contribution in [-0.2, 0) is 13.2 Å². The summed E-state index contributed by atoms with van der Waals surface area (Å²) in [4.78, 5) is 0. The van der Waals surface area contributed by atoms with Gasteiger partial charge in [0.25, 0.3) is 0 Å². The van der Waals surface area contributed by atoms with Crippen LogP contribution >= 0.6 is 22.6 Å². The number of aliphatic hydroxyl groups excluding tert-OH is 2. The Kier molecular flexibility index (Phi) is 9.74. The molecule has 0 aliphatic heterocycles. The number of hydrogen-bond donors (Lipinski definition) is 3. The summed E-state index contributed by atoms with van der Waals surface area (Å²) < 4.78 is 11.2. The van der Waals surface area contributed by atoms with Gasteiger partial charge in [0, 0.05) is 20.4 Å². The van der Waals surface area contributed by atoms with E-state index in [9.17, 15) is 5.11 Å². The number of nitrogens with two attached hydrogens (primary N) is 1. The molecule has 46 heavy (non-hydrogen) atoms. The van der Waals surface area contributed by atoms with Gasteiger partial charge in [0.15, 0.2) is 0 Å². The molecule has 2 atom stereocenters. The minimum Gasteiger partial charge on any atom is -0.484 e. The number of halogens is 1. The molecule has 0 amide bonds. The maximum Gasteiger partial charge on any atom is 0.138 e. The Hall–Kier alpha value is -4.55. The molecule has 7 rings (SSSR count). The SMILES string of the molecule is C[C@H](N)[C@H](Oc1ccc2c(cnn2-c2ccc(CO)cc2)c1)c1ccccc1.OCc1ccc(-n2ncc3cc(I)ccc32)cc1. The Labute approximate surface area is 280 Å². The standard InChI is InChI=1S/C23H23N3O2.C14H11IN2O/c1-16(24)23(18-5-3-2-4-6-18)28-21-11-12-22-19(13-21)14-25-26(22)20-9-7-17(15-27)8-10-20;15-12-3-6-14-11(7-12)8-16-17(14)13-4-1-10(9-18)2-5-13/h2-14,16,23,27H,15,24H2,1H3;1-8,18H,9H2/t16-,23-;/m0./s1. The topological polar surface area (TPSA) is 111 Å². The molecule has 2 aromatic heterocycles. The molecule has 0 saturated heterocycles. The van der Waals surface area contributed by atoms with E-state index in [1.54, 1.807) is 0 Å². The molecular weight excluding hydrogens is 689 g/mol. The van der Waals surface area contributed by atoms with Gasteiger partial charge in [-0.25, -0.2) is 9.36 Å². The molecule has 4 N–H and O–H groups in total. The molecule has 9 heteroatoms. The first kappa shape index (κ1) is 31.4. The molecule has 5 aromatic carbocycles. The van der Waals surface area contributed by atoms with Gasteiger partial charge in [0.2, 0.25) is 0 Å². The van der Waals surface area contributed by atoms with E-state index in [0.29, 0.717) is 0 Å². The van der Waals surface area contributed by atoms with Gasteiger partial charge in [0.1, 0.15) is 11.9 Å². The number of rotatable bonds is 8. The first-order chi connectivity index (χ1) is 22.4. The van der Waals surface area contributed by atoms with E-state index in [1.807, 2.05) is 126 Å². The highest BCUT2D eigenvalue weighted by atomic mass is 127. The molecule has 8 nitrogen and oxygen atoms in total. The van der Waals surface area contributed by atoms with Crippen molar-refractivity contribution >= 4 is 44.4 Å². The second-order valence-electron chi connectivity index (χ2n) is 11.0. The maximum absolute atomic E-state index is 9.21. The van der Waals surface area contributed by atoms with Crippen molar-refractivity contribution in [1.82, 2.24) is 19.6 Å². The summed E-state index contributed by atoms with van der Waals surface area (Å²) in [5.74, 6) is 0.758. The highest BCUT2D eigenvalue weighted by Crippen LogP contribution is 2.28. The third-order valence-corrected chi connectivity index (χ3v) is 8.34. The number of aromatic nitrogens is 4. The van der Waals surface area contributed by atoms with Crippen LogP contribution < -0.4 is 10.5 Å². The lowest BCUT2D eigenvalue weighted by molar-refractivity contribution is 0.180. The third kappa shape index (κ3) is 6.97. The van der Waals surface area contributed by atoms with Crippen LogP contribution in [0.5, 0.6) is 5.75 Å². The van der Waals surface area contributed by atoms with Crippen LogP contribution in [0.2, 0.25) is 0 Å². The van der Waals surface area contributed by atoms with Crippen LogP contribution in [0, 0.1) is 3.57 Å². The van der Waals surface area contributed by atoms with Gasteiger partial charge in [-0.15, -0.1) is 0 Å². The fraction of sp³-hybridized carbons (Fsp3) is 0.135. The van der Waals surface area contributed by atoms with E-state index >= 15 is 0 Å². The number of ether oxygens (including phenoxy) is 1. The van der Waals surface area contributed by atoms with E-state index < -0.39 is 0 Å². The fourth-order valence-corrected chi connectivity index (χ4v) is 5.77. The Morgan fingerprint density at radius 3 is 1.74 bits per heavy atom. The number of hydrogen-bond acceptors (Lipinski definition) is 6. The summed E-state index contributed by atoms with van der Waals surface area (Å²) in [6, 6.07) is 37.5. The monoisotopic (exact) mass is 723 g/mol. The van der Waals surface area contributed by atoms with Crippen molar-refractivity contribution in [1.29, 1.82) is 0 Å². The minimum atomic E-state index is -0.222. The minimum absolute atomic E-state index is 0.0307. The van der Waals surface area contributed by atoms with Crippen LogP contribution in [0.1, 0.15) is 29.7 Å². The van der Waals surface area contributed by atoms with Crippen molar-refractivity contribution in [3.05, 3.63) is 148 Å². The Balaban J connectivity index is 0.000000178. The van der Waals surface area contributed by atoms with Gasteiger partial charge in [-0.05, 0) is 107 Å². The maximum atomic E-state index is 9.21. The highest BCUT2D eigenvalue weighted by Gasteiger charge is 2.18. The highest BCUT2D eigenvalue weighted by molar-refractivity contribution is 14.1. The average Bonchev–Trinajstić information content (AvgIpc) is 3.72. The second kappa shape index (κ2) is 14.3. The smallest absolute Gasteiger partial charge is 0.138 e. The van der Waals surface area contributed by atoms with Gasteiger partial charge in [0.05, 0.1) is 48.0 Å². The average molecular weight is 724 g/mol. The molecule has 0 spiro atoms. The van der Waals surface area contributed by atoms with Crippen molar-refractivity contribution < 1.29 is 14.9 Å². The van der Waals surface area contributed by atoms with Crippen molar-refractivity contribution in [3.8, 4) is 17.1 Å². The first-order valence-electron chi connectivity index (χ1n) is 14.9. The Bertz CT molecular complexity index is 2040. The summed E-state index contributed by atoms with van der Waals surface area (Å²) in [6.45, 7) is 2.05. The molecule has 0 radical (unpaired) electrons. The zero-order valence-electron chi connectivity index (χ0n) is 25.2. The summed E-state index contributed by atoms with van der Waals surface area (Å²) in [6.07, 6.45) is 3.47. The van der Waals surface area contributed by atoms with Crippen molar-refractivity contribution in [3.63, 3.8) is 0 Å². The molecule has 0 aliphatic carbocycles.